The number of hydrogen-bond donors (Lipinski definition) is 0. The Labute approximate surface area is 104 Å². The first-order valence-electron chi connectivity index (χ1n) is 6.55. The molecule has 2 atom stereocenters. The van der Waals surface area contributed by atoms with Crippen molar-refractivity contribution in [2.75, 3.05) is 7.11 Å². The van der Waals surface area contributed by atoms with Gasteiger partial charge < -0.3 is 9.47 Å². The van der Waals surface area contributed by atoms with E-state index < -0.39 is 0 Å². The summed E-state index contributed by atoms with van der Waals surface area (Å²) in [6, 6.07) is 0. The van der Waals surface area contributed by atoms with Gasteiger partial charge in [0.2, 0.25) is 0 Å². The number of ether oxygens (including phenoxy) is 2. The standard InChI is InChI=1S/C14H24O3/c1-5-12(6-2)17-13-8-10(3)7-11(9-13)14(15)16-4/h7,10,12-13H,5-6,8-9H2,1-4H3. The normalized spacial score (nSPS) is 24.6. The number of esters is 1. The molecule has 17 heavy (non-hydrogen) atoms. The minimum atomic E-state index is -0.213. The van der Waals surface area contributed by atoms with Gasteiger partial charge in [-0.2, -0.15) is 0 Å². The zero-order chi connectivity index (χ0) is 12.8. The molecular weight excluding hydrogens is 216 g/mol. The lowest BCUT2D eigenvalue weighted by Gasteiger charge is -2.29. The van der Waals surface area contributed by atoms with Crippen molar-refractivity contribution >= 4 is 5.97 Å². The molecule has 98 valence electrons. The summed E-state index contributed by atoms with van der Waals surface area (Å²) in [6.07, 6.45) is 6.22. The molecule has 0 aromatic heterocycles. The summed E-state index contributed by atoms with van der Waals surface area (Å²) in [6.45, 7) is 6.39. The molecule has 2 unspecified atom stereocenters. The fourth-order valence-corrected chi connectivity index (χ4v) is 2.36. The molecule has 1 aliphatic rings. The average Bonchev–Trinajstić information content (AvgIpc) is 2.34. The van der Waals surface area contributed by atoms with Crippen molar-refractivity contribution in [2.24, 2.45) is 5.92 Å². The van der Waals surface area contributed by atoms with Crippen LogP contribution in [0.5, 0.6) is 0 Å². The van der Waals surface area contributed by atoms with E-state index in [4.69, 9.17) is 9.47 Å². The third kappa shape index (κ3) is 4.15. The molecule has 0 aromatic rings. The molecule has 0 saturated heterocycles. The third-order valence-corrected chi connectivity index (χ3v) is 3.31. The van der Waals surface area contributed by atoms with Gasteiger partial charge in [-0.1, -0.05) is 26.8 Å². The minimum Gasteiger partial charge on any atom is -0.466 e. The molecule has 0 N–H and O–H groups in total. The molecule has 0 fully saturated rings. The highest BCUT2D eigenvalue weighted by atomic mass is 16.5. The van der Waals surface area contributed by atoms with Gasteiger partial charge in [0.05, 0.1) is 19.3 Å². The summed E-state index contributed by atoms with van der Waals surface area (Å²) in [5, 5.41) is 0. The molecule has 3 heteroatoms. The molecule has 0 aliphatic heterocycles. The number of methoxy groups -OCH3 is 1. The number of carbonyl (C=O) groups excluding carboxylic acids is 1. The Hall–Kier alpha value is -0.830. The van der Waals surface area contributed by atoms with Crippen LogP contribution in [0.1, 0.15) is 46.5 Å². The first-order valence-corrected chi connectivity index (χ1v) is 6.55. The summed E-state index contributed by atoms with van der Waals surface area (Å²) >= 11 is 0. The van der Waals surface area contributed by atoms with E-state index >= 15 is 0 Å². The molecule has 0 radical (unpaired) electrons. The largest absolute Gasteiger partial charge is 0.466 e. The quantitative estimate of drug-likeness (QED) is 0.693. The third-order valence-electron chi connectivity index (χ3n) is 3.31. The van der Waals surface area contributed by atoms with Crippen molar-refractivity contribution in [3.63, 3.8) is 0 Å². The van der Waals surface area contributed by atoms with Crippen molar-refractivity contribution in [1.82, 2.24) is 0 Å². The van der Waals surface area contributed by atoms with E-state index in [1.807, 2.05) is 6.08 Å². The fourth-order valence-electron chi connectivity index (χ4n) is 2.36. The summed E-state index contributed by atoms with van der Waals surface area (Å²) < 4.78 is 10.8. The van der Waals surface area contributed by atoms with Gasteiger partial charge in [0, 0.05) is 12.0 Å². The lowest BCUT2D eigenvalue weighted by atomic mass is 9.89. The molecular formula is C14H24O3. The lowest BCUT2D eigenvalue weighted by molar-refractivity contribution is -0.137. The SMILES string of the molecule is CCC(CC)OC1CC(C(=O)OC)=CC(C)C1. The smallest absolute Gasteiger partial charge is 0.333 e. The van der Waals surface area contributed by atoms with Gasteiger partial charge in [0.1, 0.15) is 0 Å². The first-order chi connectivity index (χ1) is 8.10. The molecule has 1 rings (SSSR count). The van der Waals surface area contributed by atoms with E-state index in [1.165, 1.54) is 7.11 Å². The van der Waals surface area contributed by atoms with Gasteiger partial charge in [0.15, 0.2) is 0 Å². The van der Waals surface area contributed by atoms with E-state index in [1.54, 1.807) is 0 Å². The summed E-state index contributed by atoms with van der Waals surface area (Å²) in [5.41, 5.74) is 0.766. The Bertz CT molecular complexity index is 279. The molecule has 3 nitrogen and oxygen atoms in total. The molecule has 0 aromatic carbocycles. The Morgan fingerprint density at radius 2 is 2.12 bits per heavy atom. The minimum absolute atomic E-state index is 0.161. The van der Waals surface area contributed by atoms with Crippen LogP contribution in [0.3, 0.4) is 0 Å². The topological polar surface area (TPSA) is 35.5 Å². The van der Waals surface area contributed by atoms with Crippen LogP contribution in [0.4, 0.5) is 0 Å². The second kappa shape index (κ2) is 6.80. The maximum Gasteiger partial charge on any atom is 0.333 e. The highest BCUT2D eigenvalue weighted by Gasteiger charge is 2.26. The number of carbonyl (C=O) groups is 1. The fraction of sp³-hybridized carbons (Fsp3) is 0.786. The van der Waals surface area contributed by atoms with Crippen molar-refractivity contribution < 1.29 is 14.3 Å². The van der Waals surface area contributed by atoms with Gasteiger partial charge in [-0.25, -0.2) is 4.79 Å². The monoisotopic (exact) mass is 240 g/mol. The number of rotatable bonds is 5. The van der Waals surface area contributed by atoms with E-state index in [2.05, 4.69) is 20.8 Å². The van der Waals surface area contributed by atoms with Crippen LogP contribution in [-0.4, -0.2) is 25.3 Å². The van der Waals surface area contributed by atoms with Crippen LogP contribution < -0.4 is 0 Å². The zero-order valence-electron chi connectivity index (χ0n) is 11.4. The van der Waals surface area contributed by atoms with Crippen molar-refractivity contribution in [1.29, 1.82) is 0 Å². The van der Waals surface area contributed by atoms with Crippen LogP contribution in [0.2, 0.25) is 0 Å². The molecule has 0 amide bonds. The van der Waals surface area contributed by atoms with Gasteiger partial charge in [-0.3, -0.25) is 0 Å². The van der Waals surface area contributed by atoms with Crippen LogP contribution in [0, 0.1) is 5.92 Å². The van der Waals surface area contributed by atoms with E-state index in [0.717, 1.165) is 24.8 Å². The van der Waals surface area contributed by atoms with E-state index in [9.17, 15) is 4.79 Å². The zero-order valence-corrected chi connectivity index (χ0v) is 11.4. The van der Waals surface area contributed by atoms with Crippen molar-refractivity contribution in [3.8, 4) is 0 Å². The maximum absolute atomic E-state index is 11.5. The predicted molar refractivity (Wildman–Crippen MR) is 67.7 cm³/mol. The van der Waals surface area contributed by atoms with E-state index in [-0.39, 0.29) is 12.1 Å². The second-order valence-corrected chi connectivity index (χ2v) is 4.80. The number of allylic oxidation sites excluding steroid dienone is 1. The summed E-state index contributed by atoms with van der Waals surface area (Å²) in [7, 11) is 1.43. The van der Waals surface area contributed by atoms with Gasteiger partial charge in [-0.15, -0.1) is 0 Å². The molecule has 0 saturated carbocycles. The Morgan fingerprint density at radius 1 is 1.47 bits per heavy atom. The highest BCUT2D eigenvalue weighted by Crippen LogP contribution is 2.27. The van der Waals surface area contributed by atoms with Gasteiger partial charge >= 0.3 is 5.97 Å². The highest BCUT2D eigenvalue weighted by molar-refractivity contribution is 5.88. The molecule has 1 aliphatic carbocycles. The maximum atomic E-state index is 11.5. The van der Waals surface area contributed by atoms with E-state index in [0.29, 0.717) is 18.4 Å². The van der Waals surface area contributed by atoms with Crippen molar-refractivity contribution in [3.05, 3.63) is 11.6 Å². The Balaban J connectivity index is 2.61. The average molecular weight is 240 g/mol. The summed E-state index contributed by atoms with van der Waals surface area (Å²) in [4.78, 5) is 11.5. The van der Waals surface area contributed by atoms with Crippen LogP contribution >= 0.6 is 0 Å². The van der Waals surface area contributed by atoms with Gasteiger partial charge in [0.25, 0.3) is 0 Å². The Kier molecular flexibility index (Phi) is 5.69. The Morgan fingerprint density at radius 3 is 2.65 bits per heavy atom. The lowest BCUT2D eigenvalue weighted by Crippen LogP contribution is -2.28. The van der Waals surface area contributed by atoms with Crippen LogP contribution in [0.25, 0.3) is 0 Å². The second-order valence-electron chi connectivity index (χ2n) is 4.80. The summed E-state index contributed by atoms with van der Waals surface area (Å²) in [5.74, 6) is 0.173. The van der Waals surface area contributed by atoms with Gasteiger partial charge in [-0.05, 0) is 25.2 Å². The molecule has 0 spiro atoms. The molecule has 0 bridgehead atoms. The first kappa shape index (κ1) is 14.2. The molecule has 0 heterocycles. The van der Waals surface area contributed by atoms with Crippen molar-refractivity contribution in [2.45, 2.75) is 58.7 Å². The van der Waals surface area contributed by atoms with Crippen LogP contribution in [-0.2, 0) is 14.3 Å². The number of hydrogen-bond acceptors (Lipinski definition) is 3. The predicted octanol–water partition coefficient (Wildman–Crippen LogP) is 3.09. The van der Waals surface area contributed by atoms with Crippen LogP contribution in [0.15, 0.2) is 11.6 Å².